The number of hydrogen-bond acceptors (Lipinski definition) is 7. The summed E-state index contributed by atoms with van der Waals surface area (Å²) in [5.41, 5.74) is 1.30. The van der Waals surface area contributed by atoms with E-state index in [1.165, 1.54) is 21.1 Å². The van der Waals surface area contributed by atoms with Crippen molar-refractivity contribution >= 4 is 29.3 Å². The van der Waals surface area contributed by atoms with Crippen LogP contribution in [0.1, 0.15) is 46.2 Å². The van der Waals surface area contributed by atoms with Crippen LogP contribution in [0.4, 0.5) is 0 Å². The lowest BCUT2D eigenvalue weighted by atomic mass is 9.83. The Morgan fingerprint density at radius 1 is 1.13 bits per heavy atom. The number of carbonyl (C=O) groups excluding carboxylic acids is 2. The van der Waals surface area contributed by atoms with E-state index >= 15 is 0 Å². The van der Waals surface area contributed by atoms with Crippen molar-refractivity contribution in [1.82, 2.24) is 10.6 Å². The minimum atomic E-state index is -0.624. The number of hydrogen-bond donors (Lipinski definition) is 2. The molecular weight excluding hydrogens is 408 g/mol. The van der Waals surface area contributed by atoms with Gasteiger partial charge < -0.3 is 29.6 Å². The molecule has 0 spiro atoms. The molecule has 1 aliphatic rings. The van der Waals surface area contributed by atoms with E-state index in [9.17, 15) is 9.59 Å². The molecule has 0 fully saturated rings. The van der Waals surface area contributed by atoms with Gasteiger partial charge in [0.05, 0.1) is 32.4 Å². The molecule has 8 nitrogen and oxygen atoms in total. The van der Waals surface area contributed by atoms with Crippen LogP contribution in [0.3, 0.4) is 0 Å². The Bertz CT molecular complexity index is 863. The van der Waals surface area contributed by atoms with Crippen molar-refractivity contribution in [2.45, 2.75) is 40.7 Å². The van der Waals surface area contributed by atoms with E-state index in [2.05, 4.69) is 10.6 Å². The fraction of sp³-hybridized carbons (Fsp3) is 0.476. The maximum Gasteiger partial charge on any atom is 0.338 e. The summed E-state index contributed by atoms with van der Waals surface area (Å²) in [6.07, 6.45) is 0. The minimum absolute atomic E-state index is 0.158. The normalized spacial score (nSPS) is 16.4. The number of ether oxygens (including phenoxy) is 4. The summed E-state index contributed by atoms with van der Waals surface area (Å²) in [5.74, 6) is -0.248. The Hall–Kier alpha value is -2.81. The molecule has 0 saturated carbocycles. The van der Waals surface area contributed by atoms with Gasteiger partial charge in [-0.2, -0.15) is 0 Å². The predicted octanol–water partition coefficient (Wildman–Crippen LogP) is 3.01. The van der Waals surface area contributed by atoms with Gasteiger partial charge in [-0.25, -0.2) is 4.79 Å². The third-order valence-electron chi connectivity index (χ3n) is 4.38. The van der Waals surface area contributed by atoms with Crippen molar-refractivity contribution in [3.63, 3.8) is 0 Å². The van der Waals surface area contributed by atoms with Crippen LogP contribution in [-0.4, -0.2) is 37.9 Å². The highest BCUT2D eigenvalue weighted by atomic mass is 32.1. The van der Waals surface area contributed by atoms with Crippen LogP contribution in [0.2, 0.25) is 0 Å². The van der Waals surface area contributed by atoms with Gasteiger partial charge in [0, 0.05) is 18.0 Å². The predicted molar refractivity (Wildman–Crippen MR) is 116 cm³/mol. The van der Waals surface area contributed by atoms with Crippen LogP contribution in [0, 0.1) is 5.41 Å². The first-order chi connectivity index (χ1) is 14.0. The molecule has 164 valence electrons. The summed E-state index contributed by atoms with van der Waals surface area (Å²) < 4.78 is 21.4. The van der Waals surface area contributed by atoms with Gasteiger partial charge in [0.25, 0.3) is 0 Å². The zero-order valence-corrected chi connectivity index (χ0v) is 19.1. The molecule has 1 atom stereocenters. The third kappa shape index (κ3) is 5.02. The van der Waals surface area contributed by atoms with Crippen molar-refractivity contribution in [2.75, 3.05) is 20.8 Å². The van der Waals surface area contributed by atoms with E-state index in [0.29, 0.717) is 21.9 Å². The maximum atomic E-state index is 12.9. The van der Waals surface area contributed by atoms with Gasteiger partial charge in [-0.1, -0.05) is 20.8 Å². The van der Waals surface area contributed by atoms with Crippen LogP contribution in [0.25, 0.3) is 0 Å². The minimum Gasteiger partial charge on any atom is -0.493 e. The summed E-state index contributed by atoms with van der Waals surface area (Å²) in [7, 11) is 2.91. The van der Waals surface area contributed by atoms with Crippen LogP contribution >= 0.6 is 12.2 Å². The number of thiocarbonyl (C=S) groups is 1. The zero-order chi connectivity index (χ0) is 22.6. The van der Waals surface area contributed by atoms with Crippen LogP contribution in [-0.2, 0) is 14.3 Å². The van der Waals surface area contributed by atoms with Gasteiger partial charge in [0.15, 0.2) is 16.6 Å². The van der Waals surface area contributed by atoms with Crippen molar-refractivity contribution in [3.8, 4) is 17.2 Å². The molecule has 0 amide bonds. The molecule has 1 aromatic carbocycles. The standard InChI is InChI=1S/C21H28N2O6S/c1-8-28-19(25)15-16(22-20(30)23-18(15)21(3,4)5)12-9-13(26-6)17(29-11(2)24)14(10-12)27-7/h9-10,16H,8H2,1-7H3,(H2,22,23,30). The molecule has 9 heteroatoms. The van der Waals surface area contributed by atoms with Crippen LogP contribution < -0.4 is 24.8 Å². The van der Waals surface area contributed by atoms with Gasteiger partial charge in [-0.05, 0) is 36.8 Å². The first-order valence-electron chi connectivity index (χ1n) is 9.47. The average molecular weight is 437 g/mol. The van der Waals surface area contributed by atoms with E-state index in [-0.39, 0.29) is 23.9 Å². The molecule has 2 N–H and O–H groups in total. The number of nitrogens with one attached hydrogen (secondary N) is 2. The highest BCUT2D eigenvalue weighted by Crippen LogP contribution is 2.43. The summed E-state index contributed by atoms with van der Waals surface area (Å²) in [4.78, 5) is 24.4. The number of allylic oxidation sites excluding steroid dienone is 1. The maximum absolute atomic E-state index is 12.9. The van der Waals surface area contributed by atoms with Gasteiger partial charge in [0.1, 0.15) is 0 Å². The van der Waals surface area contributed by atoms with Gasteiger partial charge >= 0.3 is 11.9 Å². The highest BCUT2D eigenvalue weighted by molar-refractivity contribution is 7.80. The van der Waals surface area contributed by atoms with E-state index in [1.807, 2.05) is 20.8 Å². The number of methoxy groups -OCH3 is 2. The molecule has 0 aromatic heterocycles. The Balaban J connectivity index is 2.73. The monoisotopic (exact) mass is 436 g/mol. The number of benzene rings is 1. The second-order valence-corrected chi connectivity index (χ2v) is 8.05. The second-order valence-electron chi connectivity index (χ2n) is 7.64. The Morgan fingerprint density at radius 2 is 1.70 bits per heavy atom. The van der Waals surface area contributed by atoms with Crippen LogP contribution in [0.15, 0.2) is 23.4 Å². The van der Waals surface area contributed by atoms with Crippen LogP contribution in [0.5, 0.6) is 17.2 Å². The molecule has 2 rings (SSSR count). The lowest BCUT2D eigenvalue weighted by molar-refractivity contribution is -0.139. The third-order valence-corrected chi connectivity index (χ3v) is 4.60. The number of esters is 2. The molecule has 0 radical (unpaired) electrons. The lowest BCUT2D eigenvalue weighted by Gasteiger charge is -2.36. The van der Waals surface area contributed by atoms with Crippen molar-refractivity contribution in [3.05, 3.63) is 29.0 Å². The van der Waals surface area contributed by atoms with Gasteiger partial charge in [0.2, 0.25) is 5.75 Å². The number of carbonyl (C=O) groups is 2. The summed E-state index contributed by atoms with van der Waals surface area (Å²) in [5, 5.41) is 6.61. The van der Waals surface area contributed by atoms with E-state index < -0.39 is 23.4 Å². The summed E-state index contributed by atoms with van der Waals surface area (Å²) in [6, 6.07) is 2.72. The van der Waals surface area contributed by atoms with Gasteiger partial charge in [-0.3, -0.25) is 4.79 Å². The van der Waals surface area contributed by atoms with E-state index in [0.717, 1.165) is 0 Å². The Morgan fingerprint density at radius 3 is 2.13 bits per heavy atom. The largest absolute Gasteiger partial charge is 0.493 e. The lowest BCUT2D eigenvalue weighted by Crippen LogP contribution is -2.48. The molecule has 30 heavy (non-hydrogen) atoms. The zero-order valence-electron chi connectivity index (χ0n) is 18.3. The topological polar surface area (TPSA) is 95.1 Å². The molecule has 0 bridgehead atoms. The van der Waals surface area contributed by atoms with Crippen molar-refractivity contribution in [1.29, 1.82) is 0 Å². The van der Waals surface area contributed by atoms with Gasteiger partial charge in [-0.15, -0.1) is 0 Å². The SMILES string of the molecule is CCOC(=O)C1=C(C(C)(C)C)NC(=S)NC1c1cc(OC)c(OC(C)=O)c(OC)c1. The molecule has 1 aliphatic heterocycles. The second kappa shape index (κ2) is 9.34. The van der Waals surface area contributed by atoms with E-state index in [1.54, 1.807) is 19.1 Å². The quantitative estimate of drug-likeness (QED) is 0.396. The highest BCUT2D eigenvalue weighted by Gasteiger charge is 2.37. The molecule has 1 unspecified atom stereocenters. The van der Waals surface area contributed by atoms with Crippen molar-refractivity contribution in [2.24, 2.45) is 5.41 Å². The molecule has 0 aliphatic carbocycles. The molecular formula is C21H28N2O6S. The fourth-order valence-electron chi connectivity index (χ4n) is 3.15. The Kier molecular flexibility index (Phi) is 7.30. The molecule has 1 aromatic rings. The number of rotatable bonds is 6. The fourth-order valence-corrected chi connectivity index (χ4v) is 3.37. The summed E-state index contributed by atoms with van der Waals surface area (Å²) in [6.45, 7) is 9.20. The first kappa shape index (κ1) is 23.5. The van der Waals surface area contributed by atoms with Crippen molar-refractivity contribution < 1.29 is 28.5 Å². The average Bonchev–Trinajstić information content (AvgIpc) is 2.66. The molecule has 0 saturated heterocycles. The smallest absolute Gasteiger partial charge is 0.338 e. The molecule has 1 heterocycles. The summed E-state index contributed by atoms with van der Waals surface area (Å²) >= 11 is 5.40. The first-order valence-corrected chi connectivity index (χ1v) is 9.87. The van der Waals surface area contributed by atoms with E-state index in [4.69, 9.17) is 31.2 Å². The Labute approximate surface area is 181 Å².